The predicted molar refractivity (Wildman–Crippen MR) is 77.5 cm³/mol. The van der Waals surface area contributed by atoms with Gasteiger partial charge in [-0.15, -0.1) is 0 Å². The molecular weight excluding hydrogens is 256 g/mol. The SMILES string of the molecule is CCCCOCCOCc1ccccc1CC(=O)OC. The average Bonchev–Trinajstić information content (AvgIpc) is 2.47. The minimum Gasteiger partial charge on any atom is -0.469 e. The zero-order chi connectivity index (χ0) is 14.6. The molecule has 0 bridgehead atoms. The lowest BCUT2D eigenvalue weighted by Gasteiger charge is -2.09. The molecule has 0 unspecified atom stereocenters. The molecule has 0 heterocycles. The first-order valence-electron chi connectivity index (χ1n) is 7.07. The molecule has 1 rings (SSSR count). The summed E-state index contributed by atoms with van der Waals surface area (Å²) in [7, 11) is 1.40. The Morgan fingerprint density at radius 3 is 2.45 bits per heavy atom. The first kappa shape index (κ1) is 16.7. The van der Waals surface area contributed by atoms with Crippen LogP contribution in [0.25, 0.3) is 0 Å². The van der Waals surface area contributed by atoms with Crippen molar-refractivity contribution >= 4 is 5.97 Å². The van der Waals surface area contributed by atoms with E-state index in [1.165, 1.54) is 7.11 Å². The fourth-order valence-corrected chi connectivity index (χ4v) is 1.75. The van der Waals surface area contributed by atoms with Crippen LogP contribution in [-0.4, -0.2) is 32.9 Å². The number of benzene rings is 1. The second-order valence-corrected chi connectivity index (χ2v) is 4.54. The lowest BCUT2D eigenvalue weighted by molar-refractivity contribution is -0.139. The van der Waals surface area contributed by atoms with Crippen molar-refractivity contribution in [3.05, 3.63) is 35.4 Å². The molecular formula is C16H24O4. The van der Waals surface area contributed by atoms with Gasteiger partial charge in [0.15, 0.2) is 0 Å². The van der Waals surface area contributed by atoms with Gasteiger partial charge in [-0.3, -0.25) is 4.79 Å². The van der Waals surface area contributed by atoms with E-state index in [1.807, 2.05) is 24.3 Å². The molecule has 1 aromatic carbocycles. The van der Waals surface area contributed by atoms with Crippen LogP contribution in [0.15, 0.2) is 24.3 Å². The number of hydrogen-bond acceptors (Lipinski definition) is 4. The Bertz CT molecular complexity index is 390. The van der Waals surface area contributed by atoms with Crippen LogP contribution < -0.4 is 0 Å². The van der Waals surface area contributed by atoms with Crippen molar-refractivity contribution in [3.8, 4) is 0 Å². The second kappa shape index (κ2) is 10.4. The highest BCUT2D eigenvalue weighted by Gasteiger charge is 2.07. The standard InChI is InChI=1S/C16H24O4/c1-3-4-9-19-10-11-20-13-15-8-6-5-7-14(15)12-16(17)18-2/h5-8H,3-4,9-13H2,1-2H3. The van der Waals surface area contributed by atoms with Crippen molar-refractivity contribution in [2.45, 2.75) is 32.8 Å². The normalized spacial score (nSPS) is 10.5. The number of carbonyl (C=O) groups is 1. The molecule has 0 aliphatic heterocycles. The largest absolute Gasteiger partial charge is 0.469 e. The van der Waals surface area contributed by atoms with Crippen LogP contribution in [0.2, 0.25) is 0 Å². The van der Waals surface area contributed by atoms with Crippen LogP contribution in [0.1, 0.15) is 30.9 Å². The van der Waals surface area contributed by atoms with E-state index in [9.17, 15) is 4.79 Å². The van der Waals surface area contributed by atoms with E-state index in [0.29, 0.717) is 19.8 Å². The lowest BCUT2D eigenvalue weighted by Crippen LogP contribution is -2.09. The van der Waals surface area contributed by atoms with Crippen molar-refractivity contribution < 1.29 is 19.0 Å². The molecule has 4 nitrogen and oxygen atoms in total. The first-order chi connectivity index (χ1) is 9.77. The highest BCUT2D eigenvalue weighted by atomic mass is 16.5. The van der Waals surface area contributed by atoms with Crippen LogP contribution in [0.4, 0.5) is 0 Å². The summed E-state index contributed by atoms with van der Waals surface area (Å²) in [6.07, 6.45) is 2.51. The van der Waals surface area contributed by atoms with Crippen LogP contribution >= 0.6 is 0 Å². The van der Waals surface area contributed by atoms with Gasteiger partial charge in [-0.05, 0) is 17.5 Å². The van der Waals surface area contributed by atoms with Crippen LogP contribution in [0.3, 0.4) is 0 Å². The maximum atomic E-state index is 11.3. The van der Waals surface area contributed by atoms with Crippen LogP contribution in [-0.2, 0) is 32.0 Å². The van der Waals surface area contributed by atoms with Crippen LogP contribution in [0.5, 0.6) is 0 Å². The fraction of sp³-hybridized carbons (Fsp3) is 0.562. The van der Waals surface area contributed by atoms with E-state index < -0.39 is 0 Å². The molecule has 4 heteroatoms. The van der Waals surface area contributed by atoms with E-state index >= 15 is 0 Å². The monoisotopic (exact) mass is 280 g/mol. The fourth-order valence-electron chi connectivity index (χ4n) is 1.75. The van der Waals surface area contributed by atoms with E-state index in [4.69, 9.17) is 9.47 Å². The highest BCUT2D eigenvalue weighted by molar-refractivity contribution is 5.72. The average molecular weight is 280 g/mol. The molecule has 0 aliphatic carbocycles. The summed E-state index contributed by atoms with van der Waals surface area (Å²) >= 11 is 0. The van der Waals surface area contributed by atoms with Gasteiger partial charge in [0.25, 0.3) is 0 Å². The number of esters is 1. The van der Waals surface area contributed by atoms with Crippen molar-refractivity contribution in [3.63, 3.8) is 0 Å². The van der Waals surface area contributed by atoms with Gasteiger partial charge in [0, 0.05) is 6.61 Å². The lowest BCUT2D eigenvalue weighted by atomic mass is 10.1. The summed E-state index contributed by atoms with van der Waals surface area (Å²) < 4.78 is 15.7. The second-order valence-electron chi connectivity index (χ2n) is 4.54. The van der Waals surface area contributed by atoms with E-state index in [1.54, 1.807) is 0 Å². The van der Waals surface area contributed by atoms with Crippen molar-refractivity contribution in [2.24, 2.45) is 0 Å². The Kier molecular flexibility index (Phi) is 8.67. The molecule has 0 amide bonds. The van der Waals surface area contributed by atoms with Gasteiger partial charge in [-0.2, -0.15) is 0 Å². The van der Waals surface area contributed by atoms with Crippen LogP contribution in [0, 0.1) is 0 Å². The molecule has 0 aliphatic rings. The Labute approximate surface area is 121 Å². The molecule has 0 atom stereocenters. The summed E-state index contributed by atoms with van der Waals surface area (Å²) in [4.78, 5) is 11.3. The third kappa shape index (κ3) is 6.68. The van der Waals surface area contributed by atoms with Gasteiger partial charge >= 0.3 is 5.97 Å². The van der Waals surface area contributed by atoms with Gasteiger partial charge < -0.3 is 14.2 Å². The zero-order valence-electron chi connectivity index (χ0n) is 12.4. The molecule has 0 fully saturated rings. The summed E-state index contributed by atoms with van der Waals surface area (Å²) in [5, 5.41) is 0. The molecule has 0 saturated heterocycles. The Morgan fingerprint density at radius 1 is 1.05 bits per heavy atom. The predicted octanol–water partition coefficient (Wildman–Crippen LogP) is 2.74. The number of methoxy groups -OCH3 is 1. The van der Waals surface area contributed by atoms with E-state index in [2.05, 4.69) is 11.7 Å². The van der Waals surface area contributed by atoms with Gasteiger partial charge in [0.2, 0.25) is 0 Å². The smallest absolute Gasteiger partial charge is 0.309 e. The molecule has 0 saturated carbocycles. The molecule has 0 aromatic heterocycles. The summed E-state index contributed by atoms with van der Waals surface area (Å²) in [5.41, 5.74) is 1.97. The minimum atomic E-state index is -0.236. The quantitative estimate of drug-likeness (QED) is 0.488. The maximum absolute atomic E-state index is 11.3. The first-order valence-corrected chi connectivity index (χ1v) is 7.07. The molecule has 0 N–H and O–H groups in total. The van der Waals surface area contributed by atoms with Crippen molar-refractivity contribution in [1.29, 1.82) is 0 Å². The molecule has 20 heavy (non-hydrogen) atoms. The van der Waals surface area contributed by atoms with Gasteiger partial charge in [0.1, 0.15) is 0 Å². The van der Waals surface area contributed by atoms with E-state index in [-0.39, 0.29) is 12.4 Å². The maximum Gasteiger partial charge on any atom is 0.309 e. The molecule has 112 valence electrons. The van der Waals surface area contributed by atoms with Crippen molar-refractivity contribution in [2.75, 3.05) is 26.9 Å². The topological polar surface area (TPSA) is 44.8 Å². The summed E-state index contributed by atoms with van der Waals surface area (Å²) in [6.45, 7) is 4.59. The number of rotatable bonds is 10. The number of carbonyl (C=O) groups excluding carboxylic acids is 1. The minimum absolute atomic E-state index is 0.236. The van der Waals surface area contributed by atoms with E-state index in [0.717, 1.165) is 30.6 Å². The van der Waals surface area contributed by atoms with Gasteiger partial charge in [-0.1, -0.05) is 37.6 Å². The third-order valence-electron chi connectivity index (χ3n) is 2.95. The van der Waals surface area contributed by atoms with Crippen molar-refractivity contribution in [1.82, 2.24) is 0 Å². The number of unbranched alkanes of at least 4 members (excludes halogenated alkanes) is 1. The summed E-state index contributed by atoms with van der Waals surface area (Å²) in [6, 6.07) is 7.75. The Morgan fingerprint density at radius 2 is 1.75 bits per heavy atom. The van der Waals surface area contributed by atoms with Gasteiger partial charge in [0.05, 0.1) is 33.4 Å². The highest BCUT2D eigenvalue weighted by Crippen LogP contribution is 2.11. The number of ether oxygens (including phenoxy) is 3. The molecule has 0 spiro atoms. The Hall–Kier alpha value is -1.39. The zero-order valence-corrected chi connectivity index (χ0v) is 12.4. The molecule has 1 aromatic rings. The molecule has 0 radical (unpaired) electrons. The Balaban J connectivity index is 2.30. The summed E-state index contributed by atoms with van der Waals surface area (Å²) in [5.74, 6) is -0.236. The van der Waals surface area contributed by atoms with Gasteiger partial charge in [-0.25, -0.2) is 0 Å². The third-order valence-corrected chi connectivity index (χ3v) is 2.95. The number of hydrogen-bond donors (Lipinski definition) is 0.